The quantitative estimate of drug-likeness (QED) is 0.431. The number of hydrogen-bond acceptors (Lipinski definition) is 3. The molecule has 7 heteroatoms. The number of benzene rings is 3. The van der Waals surface area contributed by atoms with Gasteiger partial charge in [0.05, 0.1) is 15.9 Å². The number of aromatic amines is 2. The van der Waals surface area contributed by atoms with Gasteiger partial charge in [0.2, 0.25) is 9.84 Å². The summed E-state index contributed by atoms with van der Waals surface area (Å²) in [4.78, 5) is 11.4. The van der Waals surface area contributed by atoms with E-state index in [1.54, 1.807) is 48.5 Å². The van der Waals surface area contributed by atoms with Crippen LogP contribution in [0.3, 0.4) is 0 Å². The van der Waals surface area contributed by atoms with Crippen molar-refractivity contribution in [2.75, 3.05) is 0 Å². The van der Waals surface area contributed by atoms with Gasteiger partial charge in [-0.2, -0.15) is 0 Å². The van der Waals surface area contributed by atoms with Gasteiger partial charge >= 0.3 is 0 Å². The Morgan fingerprint density at radius 2 is 1.57 bits per heavy atom. The maximum atomic E-state index is 13.5. The number of nitrogens with zero attached hydrogens (tertiary/aromatic N) is 1. The van der Waals surface area contributed by atoms with E-state index in [-0.39, 0.29) is 9.79 Å². The van der Waals surface area contributed by atoms with Gasteiger partial charge in [-0.15, -0.1) is 0 Å². The fourth-order valence-corrected chi connectivity index (χ4v) is 5.17. The highest BCUT2D eigenvalue weighted by molar-refractivity contribution is 7.91. The van der Waals surface area contributed by atoms with Crippen LogP contribution in [0.1, 0.15) is 0 Å². The van der Waals surface area contributed by atoms with Crippen LogP contribution in [-0.2, 0) is 9.84 Å². The Kier molecular flexibility index (Phi) is 3.79. The molecule has 5 rings (SSSR count). The highest BCUT2D eigenvalue weighted by atomic mass is 35.5. The molecule has 0 aliphatic rings. The maximum absolute atomic E-state index is 13.5. The van der Waals surface area contributed by atoms with E-state index in [9.17, 15) is 8.42 Å². The van der Waals surface area contributed by atoms with E-state index in [1.807, 2.05) is 24.3 Å². The Morgan fingerprint density at radius 3 is 2.36 bits per heavy atom. The number of imidazole rings is 1. The van der Waals surface area contributed by atoms with E-state index < -0.39 is 9.84 Å². The summed E-state index contributed by atoms with van der Waals surface area (Å²) in [7, 11) is -3.81. The predicted molar refractivity (Wildman–Crippen MR) is 110 cm³/mol. The number of hydrogen-bond donors (Lipinski definition) is 2. The van der Waals surface area contributed by atoms with Crippen LogP contribution in [0.15, 0.2) is 82.6 Å². The minimum atomic E-state index is -3.81. The van der Waals surface area contributed by atoms with Crippen LogP contribution < -0.4 is 0 Å². The largest absolute Gasteiger partial charge is 0.351 e. The molecule has 0 fully saturated rings. The first kappa shape index (κ1) is 17.0. The van der Waals surface area contributed by atoms with E-state index in [0.717, 1.165) is 11.0 Å². The minimum Gasteiger partial charge on any atom is -0.351 e. The number of aromatic nitrogens is 3. The number of fused-ring (bicyclic) bond motifs is 2. The molecule has 0 unspecified atom stereocenters. The summed E-state index contributed by atoms with van der Waals surface area (Å²) in [5, 5.41) is 0.999. The fourth-order valence-electron chi connectivity index (χ4n) is 3.37. The molecule has 2 N–H and O–H groups in total. The van der Waals surface area contributed by atoms with E-state index in [1.165, 1.54) is 0 Å². The molecule has 0 saturated carbocycles. The highest BCUT2D eigenvalue weighted by Crippen LogP contribution is 2.37. The van der Waals surface area contributed by atoms with Gasteiger partial charge in [-0.25, -0.2) is 13.4 Å². The zero-order valence-corrected chi connectivity index (χ0v) is 16.1. The number of rotatable bonds is 3. The molecule has 2 heterocycles. The van der Waals surface area contributed by atoms with Gasteiger partial charge in [0.1, 0.15) is 10.6 Å². The zero-order valence-electron chi connectivity index (χ0n) is 14.5. The summed E-state index contributed by atoms with van der Waals surface area (Å²) in [5.41, 5.74) is 2.68. The van der Waals surface area contributed by atoms with Gasteiger partial charge in [-0.1, -0.05) is 41.9 Å². The normalized spacial score (nSPS) is 12.0. The first-order valence-electron chi connectivity index (χ1n) is 8.60. The van der Waals surface area contributed by atoms with Crippen molar-refractivity contribution < 1.29 is 8.42 Å². The zero-order chi connectivity index (χ0) is 19.3. The van der Waals surface area contributed by atoms with E-state index in [0.29, 0.717) is 27.4 Å². The summed E-state index contributed by atoms with van der Waals surface area (Å²) in [6, 6.07) is 21.1. The third-order valence-corrected chi connectivity index (χ3v) is 6.75. The Labute approximate surface area is 165 Å². The average Bonchev–Trinajstić information content (AvgIpc) is 3.29. The van der Waals surface area contributed by atoms with Gasteiger partial charge in [0.25, 0.3) is 0 Å². The van der Waals surface area contributed by atoms with Crippen molar-refractivity contribution in [3.63, 3.8) is 0 Å². The highest BCUT2D eigenvalue weighted by Gasteiger charge is 2.28. The molecule has 5 aromatic rings. The SMILES string of the molecule is O=S(=O)(c1ccccc1)c1c(-c2nc3ccccc3[nH]2)[nH]c2ccc(Cl)cc12. The van der Waals surface area contributed by atoms with Crippen LogP contribution in [0.25, 0.3) is 33.5 Å². The molecule has 3 aromatic carbocycles. The molecule has 138 valence electrons. The van der Waals surface area contributed by atoms with Gasteiger partial charge in [0, 0.05) is 15.9 Å². The summed E-state index contributed by atoms with van der Waals surface area (Å²) in [5.74, 6) is 0.461. The lowest BCUT2D eigenvalue weighted by Gasteiger charge is -2.06. The number of halogens is 1. The van der Waals surface area contributed by atoms with Crippen molar-refractivity contribution in [2.24, 2.45) is 0 Å². The maximum Gasteiger partial charge on any atom is 0.209 e. The summed E-state index contributed by atoms with van der Waals surface area (Å²) in [6.07, 6.45) is 0. The van der Waals surface area contributed by atoms with Gasteiger partial charge in [0.15, 0.2) is 5.82 Å². The van der Waals surface area contributed by atoms with Crippen molar-refractivity contribution in [1.29, 1.82) is 0 Å². The molecule has 0 amide bonds. The van der Waals surface area contributed by atoms with Crippen molar-refractivity contribution in [3.8, 4) is 11.5 Å². The van der Waals surface area contributed by atoms with Gasteiger partial charge < -0.3 is 9.97 Å². The van der Waals surface area contributed by atoms with Crippen molar-refractivity contribution >= 4 is 43.4 Å². The Balaban J connectivity index is 1.86. The average molecular weight is 408 g/mol. The monoisotopic (exact) mass is 407 g/mol. The topological polar surface area (TPSA) is 78.6 Å². The fraction of sp³-hybridized carbons (Fsp3) is 0. The molecule has 28 heavy (non-hydrogen) atoms. The molecule has 0 spiro atoms. The molecule has 0 atom stereocenters. The number of nitrogens with one attached hydrogen (secondary N) is 2. The summed E-state index contributed by atoms with van der Waals surface area (Å²) >= 11 is 6.17. The second kappa shape index (κ2) is 6.22. The van der Waals surface area contributed by atoms with Crippen LogP contribution in [0.5, 0.6) is 0 Å². The Morgan fingerprint density at radius 1 is 0.821 bits per heavy atom. The minimum absolute atomic E-state index is 0.162. The Bertz CT molecular complexity index is 1400. The molecule has 0 bridgehead atoms. The van der Waals surface area contributed by atoms with Crippen LogP contribution in [0, 0.1) is 0 Å². The Hall–Kier alpha value is -3.09. The second-order valence-electron chi connectivity index (χ2n) is 6.44. The molecule has 0 radical (unpaired) electrons. The number of para-hydroxylation sites is 2. The molecule has 0 aliphatic heterocycles. The standard InChI is InChI=1S/C21H14ClN3O2S/c22-13-10-11-16-15(12-13)20(28(26,27)14-6-2-1-3-7-14)19(23-16)21-24-17-8-4-5-9-18(17)25-21/h1-12,23H,(H,24,25). The van der Waals surface area contributed by atoms with E-state index in [2.05, 4.69) is 15.0 Å². The molecule has 0 aliphatic carbocycles. The second-order valence-corrected chi connectivity index (χ2v) is 8.76. The van der Waals surface area contributed by atoms with Crippen LogP contribution in [0.4, 0.5) is 0 Å². The van der Waals surface area contributed by atoms with Gasteiger partial charge in [-0.3, -0.25) is 0 Å². The van der Waals surface area contributed by atoms with Gasteiger partial charge in [-0.05, 0) is 42.5 Å². The molecular formula is C21H14ClN3O2S. The lowest BCUT2D eigenvalue weighted by atomic mass is 10.2. The summed E-state index contributed by atoms with van der Waals surface area (Å²) < 4.78 is 27.0. The van der Waals surface area contributed by atoms with Crippen molar-refractivity contribution in [2.45, 2.75) is 9.79 Å². The molecular weight excluding hydrogens is 394 g/mol. The van der Waals surface area contributed by atoms with Crippen LogP contribution in [-0.4, -0.2) is 23.4 Å². The predicted octanol–water partition coefficient (Wildman–Crippen LogP) is 5.20. The van der Waals surface area contributed by atoms with E-state index in [4.69, 9.17) is 11.6 Å². The smallest absolute Gasteiger partial charge is 0.209 e. The van der Waals surface area contributed by atoms with Crippen molar-refractivity contribution in [3.05, 3.63) is 77.8 Å². The molecule has 2 aromatic heterocycles. The van der Waals surface area contributed by atoms with Crippen molar-refractivity contribution in [1.82, 2.24) is 15.0 Å². The molecule has 5 nitrogen and oxygen atoms in total. The first-order valence-corrected chi connectivity index (χ1v) is 10.5. The first-order chi connectivity index (χ1) is 13.5. The summed E-state index contributed by atoms with van der Waals surface area (Å²) in [6.45, 7) is 0. The number of sulfone groups is 1. The van der Waals surface area contributed by atoms with E-state index >= 15 is 0 Å². The lowest BCUT2D eigenvalue weighted by molar-refractivity contribution is 0.597. The van der Waals surface area contributed by atoms with Crippen LogP contribution in [0.2, 0.25) is 5.02 Å². The molecule has 0 saturated heterocycles. The lowest BCUT2D eigenvalue weighted by Crippen LogP contribution is -2.03. The van der Waals surface area contributed by atoms with Crippen LogP contribution >= 0.6 is 11.6 Å². The number of H-pyrrole nitrogens is 2. The third kappa shape index (κ3) is 2.61. The third-order valence-electron chi connectivity index (χ3n) is 4.66.